The first-order chi connectivity index (χ1) is 25.2. The second kappa shape index (κ2) is 37.9. The van der Waals surface area contributed by atoms with Gasteiger partial charge < -0.3 is 27.9 Å². The number of hydrogen-bond acceptors (Lipinski definition) is 6. The van der Waals surface area contributed by atoms with Gasteiger partial charge in [0.05, 0.1) is 40.3 Å². The SMILES string of the molecule is CCCCCCCC/C=C\CCCCCC/C=C\OC[C@H](COP(=O)([O-])OCC[N+](C)(C)C)O/C=C\CCCCCC/C=C\CCCCCCCC. The summed E-state index contributed by atoms with van der Waals surface area (Å²) >= 11 is 0. The molecule has 0 aliphatic rings. The molecule has 2 atom stereocenters. The number of unbranched alkanes of at least 4 members (excludes halogenated alkanes) is 22. The van der Waals surface area contributed by atoms with Crippen LogP contribution in [0.25, 0.3) is 0 Å². The molecule has 0 fully saturated rings. The summed E-state index contributed by atoms with van der Waals surface area (Å²) in [6.07, 6.45) is 48.9. The molecule has 7 nitrogen and oxygen atoms in total. The van der Waals surface area contributed by atoms with Crippen molar-refractivity contribution in [3.63, 3.8) is 0 Å². The fourth-order valence-corrected chi connectivity index (χ4v) is 6.34. The van der Waals surface area contributed by atoms with E-state index in [0.717, 1.165) is 25.7 Å². The monoisotopic (exact) mass is 754 g/mol. The van der Waals surface area contributed by atoms with Gasteiger partial charge in [0.25, 0.3) is 7.82 Å². The maximum atomic E-state index is 12.3. The van der Waals surface area contributed by atoms with Gasteiger partial charge in [-0.25, -0.2) is 0 Å². The van der Waals surface area contributed by atoms with Gasteiger partial charge in [0.1, 0.15) is 19.8 Å². The number of hydrogen-bond donors (Lipinski definition) is 0. The van der Waals surface area contributed by atoms with Crippen molar-refractivity contribution in [2.75, 3.05) is 47.5 Å². The zero-order chi connectivity index (χ0) is 38.3. The lowest BCUT2D eigenvalue weighted by Gasteiger charge is -2.28. The summed E-state index contributed by atoms with van der Waals surface area (Å²) in [6.45, 7) is 5.18. The Morgan fingerprint density at radius 2 is 0.904 bits per heavy atom. The first kappa shape index (κ1) is 50.6. The maximum Gasteiger partial charge on any atom is 0.268 e. The average Bonchev–Trinajstić information content (AvgIpc) is 3.10. The molecule has 0 saturated carbocycles. The largest absolute Gasteiger partial charge is 0.756 e. The molecule has 0 bridgehead atoms. The van der Waals surface area contributed by atoms with E-state index in [0.29, 0.717) is 11.0 Å². The molecule has 0 aliphatic carbocycles. The van der Waals surface area contributed by atoms with Crippen molar-refractivity contribution in [2.24, 2.45) is 0 Å². The molecule has 1 unspecified atom stereocenters. The van der Waals surface area contributed by atoms with Gasteiger partial charge in [-0.05, 0) is 89.2 Å². The van der Waals surface area contributed by atoms with E-state index >= 15 is 0 Å². The van der Waals surface area contributed by atoms with Gasteiger partial charge >= 0.3 is 0 Å². The lowest BCUT2D eigenvalue weighted by molar-refractivity contribution is -0.870. The molecule has 8 heteroatoms. The van der Waals surface area contributed by atoms with Gasteiger partial charge in [0.2, 0.25) is 0 Å². The Balaban J connectivity index is 4.27. The van der Waals surface area contributed by atoms with Crippen LogP contribution in [0.15, 0.2) is 49.0 Å². The Bertz CT molecular complexity index is 913. The molecule has 0 aliphatic heterocycles. The van der Waals surface area contributed by atoms with Crippen LogP contribution in [0.1, 0.15) is 181 Å². The number of phosphoric ester groups is 1. The van der Waals surface area contributed by atoms with Crippen molar-refractivity contribution in [3.05, 3.63) is 49.0 Å². The Morgan fingerprint density at radius 3 is 1.33 bits per heavy atom. The third kappa shape index (κ3) is 41.4. The first-order valence-electron chi connectivity index (χ1n) is 21.5. The number of quaternary nitrogens is 1. The minimum atomic E-state index is -4.43. The topological polar surface area (TPSA) is 77.1 Å². The van der Waals surface area contributed by atoms with E-state index in [1.807, 2.05) is 33.3 Å². The van der Waals surface area contributed by atoms with Crippen LogP contribution in [0.2, 0.25) is 0 Å². The third-order valence-electron chi connectivity index (χ3n) is 9.04. The van der Waals surface area contributed by atoms with E-state index in [2.05, 4.69) is 38.2 Å². The molecule has 0 saturated heterocycles. The van der Waals surface area contributed by atoms with Crippen molar-refractivity contribution in [3.8, 4) is 0 Å². The minimum absolute atomic E-state index is 0.0698. The van der Waals surface area contributed by atoms with E-state index in [4.69, 9.17) is 18.5 Å². The lowest BCUT2D eigenvalue weighted by Crippen LogP contribution is -2.37. The smallest absolute Gasteiger partial charge is 0.268 e. The number of phosphoric acid groups is 1. The fraction of sp³-hybridized carbons (Fsp3) is 0.818. The molecule has 0 radical (unpaired) electrons. The predicted molar refractivity (Wildman–Crippen MR) is 221 cm³/mol. The molecule has 52 heavy (non-hydrogen) atoms. The van der Waals surface area contributed by atoms with E-state index < -0.39 is 13.9 Å². The van der Waals surface area contributed by atoms with Gasteiger partial charge in [-0.2, -0.15) is 0 Å². The molecule has 0 aromatic rings. The lowest BCUT2D eigenvalue weighted by atomic mass is 10.1. The summed E-state index contributed by atoms with van der Waals surface area (Å²) in [5.41, 5.74) is 0. The molecule has 0 rings (SSSR count). The molecule has 0 heterocycles. The van der Waals surface area contributed by atoms with Crippen LogP contribution in [0.4, 0.5) is 0 Å². The third-order valence-corrected chi connectivity index (χ3v) is 10.0. The number of allylic oxidation sites excluding steroid dienone is 6. The highest BCUT2D eigenvalue weighted by Gasteiger charge is 2.17. The number of rotatable bonds is 40. The quantitative estimate of drug-likeness (QED) is 0.0204. The number of likely N-dealkylation sites (N-methyl/N-ethyl adjacent to an activating group) is 1. The van der Waals surface area contributed by atoms with Crippen LogP contribution >= 0.6 is 7.82 Å². The van der Waals surface area contributed by atoms with Gasteiger partial charge in [0.15, 0.2) is 6.10 Å². The molecular weight excluding hydrogens is 669 g/mol. The van der Waals surface area contributed by atoms with Crippen molar-refractivity contribution in [1.82, 2.24) is 0 Å². The van der Waals surface area contributed by atoms with E-state index in [-0.39, 0.29) is 19.8 Å². The van der Waals surface area contributed by atoms with E-state index in [9.17, 15) is 9.46 Å². The van der Waals surface area contributed by atoms with Crippen LogP contribution < -0.4 is 4.89 Å². The van der Waals surface area contributed by atoms with Crippen LogP contribution in [-0.4, -0.2) is 58.1 Å². The zero-order valence-corrected chi connectivity index (χ0v) is 35.6. The van der Waals surface area contributed by atoms with Crippen molar-refractivity contribution >= 4 is 7.82 Å². The van der Waals surface area contributed by atoms with Gasteiger partial charge in [0, 0.05) is 0 Å². The number of nitrogens with zero attached hydrogens (tertiary/aromatic N) is 1. The highest BCUT2D eigenvalue weighted by atomic mass is 31.2. The van der Waals surface area contributed by atoms with Crippen LogP contribution in [0, 0.1) is 0 Å². The van der Waals surface area contributed by atoms with Crippen molar-refractivity contribution in [2.45, 2.75) is 187 Å². The Hall–Kier alpha value is -1.37. The zero-order valence-electron chi connectivity index (χ0n) is 34.8. The Labute approximate surface area is 322 Å². The summed E-state index contributed by atoms with van der Waals surface area (Å²) in [6, 6.07) is 0. The molecule has 0 N–H and O–H groups in total. The van der Waals surface area contributed by atoms with Crippen LogP contribution in [0.3, 0.4) is 0 Å². The normalized spacial score (nSPS) is 14.3. The van der Waals surface area contributed by atoms with Gasteiger partial charge in [-0.1, -0.05) is 128 Å². The number of ether oxygens (including phenoxy) is 2. The molecule has 0 aromatic heterocycles. The highest BCUT2D eigenvalue weighted by molar-refractivity contribution is 7.45. The standard InChI is InChI=1S/C44H84NO6P/c1-6-8-10-12-14-16-18-20-22-24-26-28-30-32-34-36-39-48-42-44(43-51-52(46,47)50-41-38-45(3,4)5)49-40-37-35-33-31-29-27-25-23-21-19-17-15-13-11-9-7-2/h20-23,36-37,39-40,44H,6-19,24-35,38,41-43H2,1-5H3/b22-20-,23-21-,39-36-,40-37-/t44-/m1/s1. The summed E-state index contributed by atoms with van der Waals surface area (Å²) < 4.78 is 34.7. The Kier molecular flexibility index (Phi) is 36.9. The molecule has 0 aromatic carbocycles. The van der Waals surface area contributed by atoms with Crippen LogP contribution in [0.5, 0.6) is 0 Å². The molecule has 0 amide bonds. The molecule has 306 valence electrons. The second-order valence-electron chi connectivity index (χ2n) is 15.5. The van der Waals surface area contributed by atoms with Crippen LogP contribution in [-0.2, 0) is 23.1 Å². The Morgan fingerprint density at radius 1 is 0.519 bits per heavy atom. The summed E-state index contributed by atoms with van der Waals surface area (Å²) in [5, 5.41) is 0. The molecular formula is C44H84NO6P. The molecule has 0 spiro atoms. The predicted octanol–water partition coefficient (Wildman–Crippen LogP) is 12.9. The van der Waals surface area contributed by atoms with Crippen molar-refractivity contribution in [1.29, 1.82) is 0 Å². The van der Waals surface area contributed by atoms with E-state index in [1.54, 1.807) is 12.5 Å². The van der Waals surface area contributed by atoms with E-state index in [1.165, 1.54) is 141 Å². The van der Waals surface area contributed by atoms with Gasteiger partial charge in [-0.3, -0.25) is 4.57 Å². The van der Waals surface area contributed by atoms with Gasteiger partial charge in [-0.15, -0.1) is 0 Å². The highest BCUT2D eigenvalue weighted by Crippen LogP contribution is 2.38. The minimum Gasteiger partial charge on any atom is -0.756 e. The summed E-state index contributed by atoms with van der Waals surface area (Å²) in [7, 11) is 1.51. The fourth-order valence-electron chi connectivity index (χ4n) is 5.61. The summed E-state index contributed by atoms with van der Waals surface area (Å²) in [4.78, 5) is 12.3. The van der Waals surface area contributed by atoms with Crippen molar-refractivity contribution < 1.29 is 32.5 Å². The maximum absolute atomic E-state index is 12.3. The summed E-state index contributed by atoms with van der Waals surface area (Å²) in [5.74, 6) is 0. The first-order valence-corrected chi connectivity index (χ1v) is 22.9. The average molecular weight is 754 g/mol. The second-order valence-corrected chi connectivity index (χ2v) is 16.9.